The summed E-state index contributed by atoms with van der Waals surface area (Å²) < 4.78 is 11.3. The van der Waals surface area contributed by atoms with Gasteiger partial charge in [0.25, 0.3) is 0 Å². The molecule has 12 aromatic rings. The number of hydrogen-bond donors (Lipinski definition) is 0. The molecule has 0 amide bonds. The molecule has 266 valence electrons. The zero-order valence-electron chi connectivity index (χ0n) is 30.0. The Labute approximate surface area is 333 Å². The smallest absolute Gasteiger partial charge is 0.164 e. The number of benzene rings is 7. The monoisotopic (exact) mass is 765 g/mol. The molecule has 5 heterocycles. The molecule has 0 unspecified atom stereocenters. The van der Waals surface area contributed by atoms with E-state index >= 15 is 0 Å². The summed E-state index contributed by atoms with van der Waals surface area (Å²) in [4.78, 5) is 25.7. The van der Waals surface area contributed by atoms with E-state index in [1.807, 2.05) is 48.5 Å². The highest BCUT2D eigenvalue weighted by molar-refractivity contribution is 7.26. The first-order chi connectivity index (χ1) is 28.2. The predicted molar refractivity (Wildman–Crippen MR) is 236 cm³/mol. The summed E-state index contributed by atoms with van der Waals surface area (Å²) in [6, 6.07) is 56.2. The van der Waals surface area contributed by atoms with Crippen LogP contribution in [0.3, 0.4) is 0 Å². The van der Waals surface area contributed by atoms with Crippen molar-refractivity contribution < 1.29 is 4.42 Å². The van der Waals surface area contributed by atoms with Gasteiger partial charge in [0.05, 0.1) is 15.9 Å². The maximum Gasteiger partial charge on any atom is 0.164 e. The molecule has 0 atom stereocenters. The van der Waals surface area contributed by atoms with Crippen molar-refractivity contribution in [2.24, 2.45) is 0 Å². The van der Waals surface area contributed by atoms with Crippen molar-refractivity contribution in [3.8, 4) is 56.8 Å². The first-order valence-electron chi connectivity index (χ1n) is 18.7. The number of rotatable bonds is 5. The van der Waals surface area contributed by atoms with Gasteiger partial charge in [0.2, 0.25) is 0 Å². The zero-order chi connectivity index (χ0) is 37.5. The molecular formula is C49H27N5OS2. The third-order valence-corrected chi connectivity index (χ3v) is 12.9. The molecule has 8 heteroatoms. The highest BCUT2D eigenvalue weighted by Crippen LogP contribution is 2.42. The van der Waals surface area contributed by atoms with Crippen LogP contribution in [0.25, 0.3) is 119 Å². The summed E-state index contributed by atoms with van der Waals surface area (Å²) in [5.74, 6) is 2.46. The van der Waals surface area contributed by atoms with E-state index < -0.39 is 0 Å². The predicted octanol–water partition coefficient (Wildman–Crippen LogP) is 13.6. The molecule has 5 aromatic heterocycles. The van der Waals surface area contributed by atoms with E-state index in [-0.39, 0.29) is 0 Å². The number of furan rings is 1. The van der Waals surface area contributed by atoms with E-state index in [9.17, 15) is 0 Å². The molecule has 0 spiro atoms. The second-order valence-electron chi connectivity index (χ2n) is 14.0. The van der Waals surface area contributed by atoms with Crippen LogP contribution in [0.15, 0.2) is 168 Å². The largest absolute Gasteiger partial charge is 0.456 e. The van der Waals surface area contributed by atoms with Gasteiger partial charge in [0.1, 0.15) is 11.2 Å². The summed E-state index contributed by atoms with van der Waals surface area (Å²) in [7, 11) is 0. The van der Waals surface area contributed by atoms with Crippen molar-refractivity contribution in [3.05, 3.63) is 164 Å². The lowest BCUT2D eigenvalue weighted by molar-refractivity contribution is 0.669. The summed E-state index contributed by atoms with van der Waals surface area (Å²) in [5.41, 5.74) is 8.04. The van der Waals surface area contributed by atoms with Gasteiger partial charge in [-0.25, -0.2) is 24.9 Å². The van der Waals surface area contributed by atoms with Gasteiger partial charge in [0.15, 0.2) is 23.3 Å². The maximum atomic E-state index is 6.62. The van der Waals surface area contributed by atoms with Gasteiger partial charge in [-0.05, 0) is 36.4 Å². The molecule has 57 heavy (non-hydrogen) atoms. The molecule has 0 aliphatic carbocycles. The Morgan fingerprint density at radius 2 is 0.982 bits per heavy atom. The van der Waals surface area contributed by atoms with Gasteiger partial charge < -0.3 is 4.42 Å². The van der Waals surface area contributed by atoms with Crippen molar-refractivity contribution in [2.45, 2.75) is 0 Å². The maximum absolute atomic E-state index is 6.62. The molecule has 0 saturated carbocycles. The number of nitrogens with zero attached hydrogens (tertiary/aromatic N) is 5. The fourth-order valence-electron chi connectivity index (χ4n) is 7.87. The number of hydrogen-bond acceptors (Lipinski definition) is 8. The second kappa shape index (κ2) is 12.7. The first-order valence-corrected chi connectivity index (χ1v) is 20.3. The fraction of sp³-hybridized carbons (Fsp3) is 0. The standard InChI is InChI=1S/C49H27N5OS2/c1-3-12-28(13-4-1)43-45-44(35-17-8-10-21-40(35)57-45)51-47(50-43)30-23-25-34-38(26-30)55-37-19-11-18-36(42(34)37)49-53-46(29-14-5-2-6-15-29)52-48(54-49)31-22-24-33-32-16-7-9-20-39(32)56-41(33)27-31/h1-27H. The van der Waals surface area contributed by atoms with E-state index in [4.69, 9.17) is 29.3 Å². The van der Waals surface area contributed by atoms with E-state index in [0.29, 0.717) is 23.3 Å². The van der Waals surface area contributed by atoms with Crippen molar-refractivity contribution in [3.63, 3.8) is 0 Å². The number of thiophene rings is 2. The van der Waals surface area contributed by atoms with Gasteiger partial charge >= 0.3 is 0 Å². The normalized spacial score (nSPS) is 11.9. The van der Waals surface area contributed by atoms with Crippen molar-refractivity contribution in [2.75, 3.05) is 0 Å². The van der Waals surface area contributed by atoms with Gasteiger partial charge in [-0.2, -0.15) is 0 Å². The molecule has 0 bridgehead atoms. The van der Waals surface area contributed by atoms with E-state index in [2.05, 4.69) is 115 Å². The third-order valence-electron chi connectivity index (χ3n) is 10.6. The first kappa shape index (κ1) is 32.1. The molecule has 0 N–H and O–H groups in total. The van der Waals surface area contributed by atoms with Crippen LogP contribution in [0.5, 0.6) is 0 Å². The Kier molecular flexibility index (Phi) is 7.17. The summed E-state index contributed by atoms with van der Waals surface area (Å²) >= 11 is 3.52. The van der Waals surface area contributed by atoms with Crippen molar-refractivity contribution in [1.29, 1.82) is 0 Å². The van der Waals surface area contributed by atoms with Gasteiger partial charge in [-0.3, -0.25) is 0 Å². The van der Waals surface area contributed by atoms with Crippen LogP contribution < -0.4 is 0 Å². The number of fused-ring (bicyclic) bond motifs is 9. The van der Waals surface area contributed by atoms with E-state index in [1.54, 1.807) is 22.7 Å². The number of aromatic nitrogens is 5. The Hall–Kier alpha value is -7.13. The Balaban J connectivity index is 1.03. The van der Waals surface area contributed by atoms with E-state index in [1.165, 1.54) is 24.9 Å². The topological polar surface area (TPSA) is 77.6 Å². The molecule has 0 aliphatic rings. The van der Waals surface area contributed by atoms with E-state index in [0.717, 1.165) is 71.1 Å². The molecule has 0 radical (unpaired) electrons. The van der Waals surface area contributed by atoms with Crippen LogP contribution in [0.2, 0.25) is 0 Å². The quantitative estimate of drug-likeness (QED) is 0.174. The molecule has 0 fully saturated rings. The fourth-order valence-corrected chi connectivity index (χ4v) is 10.2. The van der Waals surface area contributed by atoms with Gasteiger partial charge in [-0.1, -0.05) is 127 Å². The Morgan fingerprint density at radius 3 is 1.79 bits per heavy atom. The SMILES string of the molecule is c1ccc(-c2nc(-c3ccc4c(c3)sc3ccccc34)nc(-c3cccc4oc5cc(-c6nc(-c7ccccc7)c7sc8ccccc8c7n6)ccc5c34)n2)cc1. The lowest BCUT2D eigenvalue weighted by atomic mass is 10.0. The summed E-state index contributed by atoms with van der Waals surface area (Å²) in [6.07, 6.45) is 0. The highest BCUT2D eigenvalue weighted by atomic mass is 32.1. The summed E-state index contributed by atoms with van der Waals surface area (Å²) in [6.45, 7) is 0. The molecule has 6 nitrogen and oxygen atoms in total. The molecular weight excluding hydrogens is 739 g/mol. The van der Waals surface area contributed by atoms with Crippen molar-refractivity contribution in [1.82, 2.24) is 24.9 Å². The Morgan fingerprint density at radius 1 is 0.368 bits per heavy atom. The van der Waals surface area contributed by atoms with Crippen LogP contribution in [-0.2, 0) is 0 Å². The third kappa shape index (κ3) is 5.26. The molecule has 7 aromatic carbocycles. The molecule has 12 rings (SSSR count). The van der Waals surface area contributed by atoms with Crippen LogP contribution in [0, 0.1) is 0 Å². The minimum atomic E-state index is 0.582. The Bertz CT molecular complexity index is 3540. The molecule has 0 saturated heterocycles. The molecule has 0 aliphatic heterocycles. The lowest BCUT2D eigenvalue weighted by Gasteiger charge is -2.09. The lowest BCUT2D eigenvalue weighted by Crippen LogP contribution is -2.00. The second-order valence-corrected chi connectivity index (χ2v) is 16.1. The zero-order valence-corrected chi connectivity index (χ0v) is 31.7. The average molecular weight is 766 g/mol. The van der Waals surface area contributed by atoms with Crippen molar-refractivity contribution >= 4 is 85.1 Å². The summed E-state index contributed by atoms with van der Waals surface area (Å²) in [5, 5.41) is 5.53. The van der Waals surface area contributed by atoms with Crippen LogP contribution in [0.1, 0.15) is 0 Å². The minimum Gasteiger partial charge on any atom is -0.456 e. The van der Waals surface area contributed by atoms with Crippen LogP contribution in [0.4, 0.5) is 0 Å². The average Bonchev–Trinajstić information content (AvgIpc) is 3.97. The highest BCUT2D eigenvalue weighted by Gasteiger charge is 2.21. The van der Waals surface area contributed by atoms with Crippen LogP contribution >= 0.6 is 22.7 Å². The van der Waals surface area contributed by atoms with Gasteiger partial charge in [0, 0.05) is 68.8 Å². The van der Waals surface area contributed by atoms with Crippen LogP contribution in [-0.4, -0.2) is 24.9 Å². The van der Waals surface area contributed by atoms with Gasteiger partial charge in [-0.15, -0.1) is 22.7 Å². The minimum absolute atomic E-state index is 0.582.